The van der Waals surface area contributed by atoms with Crippen molar-refractivity contribution in [3.8, 4) is 22.3 Å². The van der Waals surface area contributed by atoms with Crippen LogP contribution in [0.4, 0.5) is 11.4 Å². The third-order valence-corrected chi connectivity index (χ3v) is 11.1. The number of rotatable bonds is 5. The number of halogens is 2. The van der Waals surface area contributed by atoms with E-state index in [9.17, 15) is 0 Å². The van der Waals surface area contributed by atoms with Crippen LogP contribution in [-0.2, 0) is 13.5 Å². The van der Waals surface area contributed by atoms with Crippen molar-refractivity contribution in [2.24, 2.45) is 0 Å². The Labute approximate surface area is 353 Å². The van der Waals surface area contributed by atoms with E-state index in [2.05, 4.69) is 117 Å². The van der Waals surface area contributed by atoms with Crippen molar-refractivity contribution in [1.29, 1.82) is 0 Å². The van der Waals surface area contributed by atoms with Crippen LogP contribution in [0.25, 0.3) is 22.3 Å². The zero-order valence-electron chi connectivity index (χ0n) is 33.6. The van der Waals surface area contributed by atoms with E-state index in [0.29, 0.717) is 0 Å². The molecule has 0 aliphatic carbocycles. The molecular formula is C50H51Cl2N4Ru-. The molecule has 0 spiro atoms. The summed E-state index contributed by atoms with van der Waals surface area (Å²) in [4.78, 5) is 12.8. The molecule has 7 aromatic rings. The van der Waals surface area contributed by atoms with E-state index in [1.165, 1.54) is 67.0 Å². The number of hydrogen-bond donors (Lipinski definition) is 0. The van der Waals surface area contributed by atoms with E-state index >= 15 is 0 Å². The SMILES string of the molecule is Cc1cc(C)c(N2[CH-]N(c3c(C)cc(C)cc3C)CC2)c(C)c1.[Cl][Ru]([Cl])=[CH]c1ccccc1.c1ccc(-c2ccncc2)cc1.c1ccc(-c2ccncc2)cc1. The summed E-state index contributed by atoms with van der Waals surface area (Å²) in [6.45, 7) is 17.6. The predicted molar refractivity (Wildman–Crippen MR) is 243 cm³/mol. The van der Waals surface area contributed by atoms with Crippen LogP contribution < -0.4 is 9.80 Å². The number of pyridine rings is 2. The fourth-order valence-electron chi connectivity index (χ4n) is 7.05. The van der Waals surface area contributed by atoms with Crippen LogP contribution in [0.1, 0.15) is 38.9 Å². The maximum absolute atomic E-state index is 5.67. The summed E-state index contributed by atoms with van der Waals surface area (Å²) < 4.78 is 1.92. The van der Waals surface area contributed by atoms with Crippen LogP contribution in [0.5, 0.6) is 0 Å². The zero-order valence-corrected chi connectivity index (χ0v) is 36.8. The van der Waals surface area contributed by atoms with Crippen molar-refractivity contribution in [2.45, 2.75) is 41.5 Å². The smallest absolute Gasteiger partial charge is 0.0273 e. The first-order valence-electron chi connectivity index (χ1n) is 18.9. The molecule has 5 aromatic carbocycles. The Morgan fingerprint density at radius 2 is 0.789 bits per heavy atom. The van der Waals surface area contributed by atoms with Gasteiger partial charge in [-0.3, -0.25) is 9.97 Å². The molecule has 3 heterocycles. The number of aryl methyl sites for hydroxylation is 6. The van der Waals surface area contributed by atoms with Gasteiger partial charge in [-0.05, 0) is 110 Å². The first-order valence-corrected chi connectivity index (χ1v) is 24.4. The molecule has 8 rings (SSSR count). The van der Waals surface area contributed by atoms with Gasteiger partial charge < -0.3 is 9.80 Å². The molecule has 2 aromatic heterocycles. The molecule has 0 N–H and O–H groups in total. The van der Waals surface area contributed by atoms with Crippen LogP contribution in [0, 0.1) is 48.2 Å². The minimum atomic E-state index is -1.61. The van der Waals surface area contributed by atoms with Crippen LogP contribution in [0.3, 0.4) is 0 Å². The molecule has 0 unspecified atom stereocenters. The van der Waals surface area contributed by atoms with E-state index < -0.39 is 13.5 Å². The van der Waals surface area contributed by atoms with Gasteiger partial charge in [-0.2, -0.15) is 6.67 Å². The molecule has 0 amide bonds. The van der Waals surface area contributed by atoms with Gasteiger partial charge in [0.25, 0.3) is 0 Å². The normalized spacial score (nSPS) is 11.9. The minimum absolute atomic E-state index is 1.04. The van der Waals surface area contributed by atoms with Crippen molar-refractivity contribution in [2.75, 3.05) is 22.9 Å². The summed E-state index contributed by atoms with van der Waals surface area (Å²) in [5, 5.41) is 0. The fourth-order valence-corrected chi connectivity index (χ4v) is 8.88. The van der Waals surface area contributed by atoms with Crippen LogP contribution in [-0.4, -0.2) is 27.7 Å². The van der Waals surface area contributed by atoms with Gasteiger partial charge in [0.05, 0.1) is 0 Å². The van der Waals surface area contributed by atoms with Crippen LogP contribution >= 0.6 is 19.4 Å². The van der Waals surface area contributed by atoms with Crippen molar-refractivity contribution in [3.05, 3.63) is 210 Å². The second-order valence-corrected chi connectivity index (χ2v) is 19.6. The molecule has 1 aliphatic rings. The standard InChI is InChI=1S/C21H27N2.2C11H9N.C7H6.2ClH.Ru/c1-14-9-16(3)20(17(4)10-14)22-7-8-23(13-22)21-18(5)11-15(2)12-19(21)6;2*1-2-4-10(5-3-1)11-6-8-12-9-7-11;1-7-5-3-2-4-6-7;;;/h9-13H,7-8H2,1-6H3;2*1-9H;1-6H;2*1H;/q-1;;;;;;+2/p-2. The van der Waals surface area contributed by atoms with Gasteiger partial charge in [0, 0.05) is 49.3 Å². The van der Waals surface area contributed by atoms with Gasteiger partial charge in [-0.25, -0.2) is 0 Å². The van der Waals surface area contributed by atoms with Crippen molar-refractivity contribution >= 4 is 35.4 Å². The third-order valence-electron chi connectivity index (χ3n) is 9.28. The number of nitrogens with zero attached hydrogens (tertiary/aromatic N) is 4. The molecule has 1 fully saturated rings. The van der Waals surface area contributed by atoms with Gasteiger partial charge in [0.15, 0.2) is 0 Å². The third kappa shape index (κ3) is 13.3. The van der Waals surface area contributed by atoms with E-state index in [1.807, 2.05) is 120 Å². The Bertz CT molecular complexity index is 2040. The average molecular weight is 880 g/mol. The van der Waals surface area contributed by atoms with Gasteiger partial charge >= 0.3 is 73.4 Å². The molecule has 7 heteroatoms. The molecule has 1 aliphatic heterocycles. The molecular weight excluding hydrogens is 829 g/mol. The van der Waals surface area contributed by atoms with E-state index in [-0.39, 0.29) is 0 Å². The average Bonchev–Trinajstić information content (AvgIpc) is 3.68. The van der Waals surface area contributed by atoms with Gasteiger partial charge in [0.2, 0.25) is 0 Å². The first kappa shape index (κ1) is 43.2. The Balaban J connectivity index is 0.000000155. The van der Waals surface area contributed by atoms with E-state index in [1.54, 1.807) is 0 Å². The van der Waals surface area contributed by atoms with Gasteiger partial charge in [0.1, 0.15) is 0 Å². The van der Waals surface area contributed by atoms with Gasteiger partial charge in [-0.1, -0.05) is 96.1 Å². The summed E-state index contributed by atoms with van der Waals surface area (Å²) in [5.74, 6) is 0. The van der Waals surface area contributed by atoms with Crippen molar-refractivity contribution < 1.29 is 13.5 Å². The second-order valence-electron chi connectivity index (χ2n) is 13.9. The molecule has 0 atom stereocenters. The van der Waals surface area contributed by atoms with Crippen LogP contribution in [0.2, 0.25) is 0 Å². The fraction of sp³-hybridized carbons (Fsp3) is 0.160. The Hall–Kier alpha value is -4.93. The minimum Gasteiger partial charge on any atom is -0.265 e. The summed E-state index contributed by atoms with van der Waals surface area (Å²) in [7, 11) is 11.3. The predicted octanol–water partition coefficient (Wildman–Crippen LogP) is 13.2. The second kappa shape index (κ2) is 22.1. The Kier molecular flexibility index (Phi) is 16.8. The quantitative estimate of drug-likeness (QED) is 0.127. The molecule has 0 bridgehead atoms. The monoisotopic (exact) mass is 879 g/mol. The van der Waals surface area contributed by atoms with Gasteiger partial charge in [-0.15, -0.1) is 0 Å². The maximum atomic E-state index is 5.67. The number of benzene rings is 5. The molecule has 294 valence electrons. The van der Waals surface area contributed by atoms with Crippen molar-refractivity contribution in [1.82, 2.24) is 9.97 Å². The van der Waals surface area contributed by atoms with E-state index in [4.69, 9.17) is 19.4 Å². The molecule has 57 heavy (non-hydrogen) atoms. The summed E-state index contributed by atoms with van der Waals surface area (Å²) >= 11 is -1.61. The summed E-state index contributed by atoms with van der Waals surface area (Å²) in [6, 6.07) is 47.6. The molecule has 0 saturated carbocycles. The summed E-state index contributed by atoms with van der Waals surface area (Å²) in [5.41, 5.74) is 16.9. The zero-order chi connectivity index (χ0) is 40.6. The Morgan fingerprint density at radius 3 is 1.12 bits per heavy atom. The molecule has 0 radical (unpaired) electrons. The maximum Gasteiger partial charge on any atom is 0.0273 e. The van der Waals surface area contributed by atoms with E-state index in [0.717, 1.165) is 18.7 Å². The number of aromatic nitrogens is 2. The molecule has 4 nitrogen and oxygen atoms in total. The number of anilines is 2. The Morgan fingerprint density at radius 1 is 0.474 bits per heavy atom. The number of hydrogen-bond acceptors (Lipinski definition) is 4. The van der Waals surface area contributed by atoms with Crippen LogP contribution in [0.15, 0.2) is 164 Å². The largest absolute Gasteiger partial charge is 0.265 e. The first-order chi connectivity index (χ1) is 27.6. The topological polar surface area (TPSA) is 32.3 Å². The van der Waals surface area contributed by atoms with Crippen molar-refractivity contribution in [3.63, 3.8) is 0 Å². The summed E-state index contributed by atoms with van der Waals surface area (Å²) in [6.07, 6.45) is 7.23. The molecule has 1 saturated heterocycles.